The summed E-state index contributed by atoms with van der Waals surface area (Å²) in [6.07, 6.45) is 3.50. The van der Waals surface area contributed by atoms with E-state index in [1.54, 1.807) is 54.9 Å². The van der Waals surface area contributed by atoms with Crippen LogP contribution in [-0.2, 0) is 28.9 Å². The zero-order chi connectivity index (χ0) is 27.9. The average molecular weight is 598 g/mol. The monoisotopic (exact) mass is 596 g/mol. The molecule has 1 aliphatic rings. The number of benzene rings is 2. The van der Waals surface area contributed by atoms with Gasteiger partial charge < -0.3 is 10.6 Å². The minimum atomic E-state index is -4.71. The third kappa shape index (κ3) is 7.23. The first-order valence-corrected chi connectivity index (χ1v) is 13.5. The van der Waals surface area contributed by atoms with Gasteiger partial charge in [0.15, 0.2) is 4.21 Å². The lowest BCUT2D eigenvalue weighted by Gasteiger charge is -2.36. The zero-order valence-electron chi connectivity index (χ0n) is 19.4. The molecular weight excluding hydrogens is 575 g/mol. The first-order valence-electron chi connectivity index (χ1n) is 10.9. The van der Waals surface area contributed by atoms with Crippen LogP contribution in [0.1, 0.15) is 17.2 Å². The molecule has 2 aromatic carbocycles. The summed E-state index contributed by atoms with van der Waals surface area (Å²) in [5.41, 5.74) is 0.575. The van der Waals surface area contributed by atoms with E-state index in [-0.39, 0.29) is 14.9 Å². The molecule has 1 saturated heterocycles. The van der Waals surface area contributed by atoms with E-state index in [1.807, 2.05) is 18.2 Å². The van der Waals surface area contributed by atoms with E-state index in [2.05, 4.69) is 28.2 Å². The maximum atomic E-state index is 13.0. The van der Waals surface area contributed by atoms with Gasteiger partial charge in [0.2, 0.25) is 5.91 Å². The number of nitrogens with zero attached hydrogens (tertiary/aromatic N) is 2. The summed E-state index contributed by atoms with van der Waals surface area (Å²) >= 11 is 16.7. The number of β-lactam (4-membered cyclic amide) rings is 1. The number of rotatable bonds is 7. The second kappa shape index (κ2) is 12.6. The van der Waals surface area contributed by atoms with Crippen LogP contribution in [0.2, 0.25) is 5.02 Å². The van der Waals surface area contributed by atoms with Crippen LogP contribution >= 0.6 is 35.8 Å². The van der Waals surface area contributed by atoms with Gasteiger partial charge in [-0.2, -0.15) is 8.42 Å². The Hall–Kier alpha value is -3.16. The maximum Gasteiger partial charge on any atom is 0.362 e. The number of carbonyl (C=O) groups excluding carboxylic acids is 3. The average Bonchev–Trinajstić information content (AvgIpc) is 2.90. The summed E-state index contributed by atoms with van der Waals surface area (Å²) < 4.78 is 29.4. The van der Waals surface area contributed by atoms with E-state index in [1.165, 1.54) is 12.1 Å². The van der Waals surface area contributed by atoms with Gasteiger partial charge in [-0.25, -0.2) is 4.31 Å². The smallest absolute Gasteiger partial charge is 0.341 e. The summed E-state index contributed by atoms with van der Waals surface area (Å²) in [7, 11) is -4.71. The molecule has 0 aliphatic carbocycles. The molecule has 14 heteroatoms. The molecule has 1 aromatic heterocycles. The quantitative estimate of drug-likeness (QED) is 0.142. The maximum absolute atomic E-state index is 13.0. The fourth-order valence-corrected chi connectivity index (χ4v) is 4.87. The second-order valence-corrected chi connectivity index (χ2v) is 11.1. The van der Waals surface area contributed by atoms with E-state index in [4.69, 9.17) is 27.8 Å². The number of nitrogens with one attached hydrogen (secondary N) is 2. The highest BCUT2D eigenvalue weighted by atomic mass is 35.5. The molecular formula is C24H22Cl2N4O6S2. The molecule has 3 atom stereocenters. The normalized spacial score (nSPS) is 17.1. The molecule has 0 spiro atoms. The minimum Gasteiger partial charge on any atom is -0.341 e. The number of halogens is 2. The largest absolute Gasteiger partial charge is 0.362 e. The molecule has 3 amide bonds. The van der Waals surface area contributed by atoms with Crippen molar-refractivity contribution in [3.05, 3.63) is 101 Å². The van der Waals surface area contributed by atoms with Crippen molar-refractivity contribution in [3.63, 3.8) is 0 Å². The first kappa shape index (κ1) is 29.4. The topological polar surface area (TPSA) is 146 Å². The first-order chi connectivity index (χ1) is 17.9. The molecule has 1 aliphatic heterocycles. The Balaban J connectivity index is 0.000000585. The molecule has 3 aromatic rings. The van der Waals surface area contributed by atoms with Gasteiger partial charge in [0.1, 0.15) is 12.1 Å². The highest BCUT2D eigenvalue weighted by Crippen LogP contribution is 2.38. The van der Waals surface area contributed by atoms with Crippen LogP contribution < -0.4 is 10.6 Å². The lowest BCUT2D eigenvalue weighted by atomic mass is 10.0. The Kier molecular flexibility index (Phi) is 9.74. The van der Waals surface area contributed by atoms with Crippen molar-refractivity contribution in [1.29, 1.82) is 0 Å². The van der Waals surface area contributed by atoms with Crippen LogP contribution in [0.15, 0.2) is 85.2 Å². The molecule has 200 valence electrons. The fraction of sp³-hybridized carbons (Fsp3) is 0.167. The van der Waals surface area contributed by atoms with Gasteiger partial charge in [-0.1, -0.05) is 77.8 Å². The lowest BCUT2D eigenvalue weighted by molar-refractivity contribution is -0.141. The van der Waals surface area contributed by atoms with E-state index in [0.29, 0.717) is 5.56 Å². The van der Waals surface area contributed by atoms with Gasteiger partial charge in [0.25, 0.3) is 11.8 Å². The Morgan fingerprint density at radius 1 is 1.05 bits per heavy atom. The van der Waals surface area contributed by atoms with Gasteiger partial charge in [-0.05, 0) is 23.8 Å². The van der Waals surface area contributed by atoms with Crippen molar-refractivity contribution >= 4 is 63.9 Å². The second-order valence-electron chi connectivity index (χ2n) is 7.85. The lowest BCUT2D eigenvalue weighted by Crippen LogP contribution is -2.66. The molecule has 3 unspecified atom stereocenters. The van der Waals surface area contributed by atoms with E-state index >= 15 is 0 Å². The molecule has 10 nitrogen and oxygen atoms in total. The van der Waals surface area contributed by atoms with Crippen molar-refractivity contribution in [3.8, 4) is 0 Å². The van der Waals surface area contributed by atoms with Gasteiger partial charge in [-0.15, -0.1) is 12.6 Å². The summed E-state index contributed by atoms with van der Waals surface area (Å²) in [5, 5.41) is 5.05. The van der Waals surface area contributed by atoms with Gasteiger partial charge in [0.05, 0.1) is 6.54 Å². The highest BCUT2D eigenvalue weighted by Gasteiger charge is 2.46. The summed E-state index contributed by atoms with van der Waals surface area (Å²) in [5.74, 6) is -2.65. The fourth-order valence-electron chi connectivity index (χ4n) is 3.30. The number of carbonyl (C=O) groups is 3. The van der Waals surface area contributed by atoms with E-state index in [0.717, 1.165) is 0 Å². The van der Waals surface area contributed by atoms with Crippen LogP contribution in [0, 0.1) is 0 Å². The highest BCUT2D eigenvalue weighted by molar-refractivity contribution is 7.84. The molecule has 0 saturated carbocycles. The molecule has 2 heterocycles. The third-order valence-electron chi connectivity index (χ3n) is 5.26. The number of aromatic nitrogens is 1. The van der Waals surface area contributed by atoms with Crippen molar-refractivity contribution in [1.82, 2.24) is 19.9 Å². The van der Waals surface area contributed by atoms with Crippen LogP contribution in [0.4, 0.5) is 0 Å². The summed E-state index contributed by atoms with van der Waals surface area (Å²) in [6.45, 7) is -0.440. The van der Waals surface area contributed by atoms with Crippen LogP contribution in [0.3, 0.4) is 0 Å². The van der Waals surface area contributed by atoms with Gasteiger partial charge in [-0.3, -0.25) is 23.9 Å². The number of amides is 3. The van der Waals surface area contributed by atoms with E-state index < -0.39 is 50.9 Å². The zero-order valence-corrected chi connectivity index (χ0v) is 22.7. The van der Waals surface area contributed by atoms with Crippen LogP contribution in [0.5, 0.6) is 0 Å². The van der Waals surface area contributed by atoms with Gasteiger partial charge in [0, 0.05) is 23.0 Å². The molecule has 4 rings (SSSR count). The molecule has 38 heavy (non-hydrogen) atoms. The van der Waals surface area contributed by atoms with Crippen molar-refractivity contribution < 1.29 is 27.4 Å². The number of thiol groups is 1. The molecule has 0 bridgehead atoms. The summed E-state index contributed by atoms with van der Waals surface area (Å²) in [4.78, 5) is 41.6. The van der Waals surface area contributed by atoms with E-state index in [9.17, 15) is 22.8 Å². The van der Waals surface area contributed by atoms with Crippen molar-refractivity contribution in [2.75, 3.05) is 6.54 Å². The minimum absolute atomic E-state index is 0.193. The Morgan fingerprint density at radius 2 is 1.63 bits per heavy atom. The number of alkyl halides is 1. The molecule has 3 N–H and O–H groups in total. The SMILES string of the molecule is O=C(NC1CN(S(=O)(=O)O)C1=O)C(NC(=O)C(S)(Cl)c1ccccc1Cl)c1ccccc1.c1ccncc1. The van der Waals surface area contributed by atoms with Crippen molar-refractivity contribution in [2.24, 2.45) is 0 Å². The predicted octanol–water partition coefficient (Wildman–Crippen LogP) is 2.73. The predicted molar refractivity (Wildman–Crippen MR) is 145 cm³/mol. The molecule has 0 radical (unpaired) electrons. The Morgan fingerprint density at radius 3 is 2.13 bits per heavy atom. The molecule has 1 fully saturated rings. The van der Waals surface area contributed by atoms with Crippen LogP contribution in [-0.4, -0.2) is 52.6 Å². The van der Waals surface area contributed by atoms with Gasteiger partial charge >= 0.3 is 10.3 Å². The number of hydrogen-bond acceptors (Lipinski definition) is 7. The Bertz CT molecular complexity index is 1370. The third-order valence-corrected chi connectivity index (χ3v) is 7.29. The standard InChI is InChI=1S/C19H17Cl2N3O6S2.C5H5N/c20-13-9-5-4-8-12(13)19(21,31)18(27)23-15(11-6-2-1-3-7-11)16(25)22-14-10-24(17(14)26)32(28,29)30;1-2-4-6-5-3-1/h1-9,14-15,31H,10H2,(H,22,25)(H,23,27)(H,28,29,30);1-5H. The van der Waals surface area contributed by atoms with Crippen molar-refractivity contribution in [2.45, 2.75) is 16.3 Å². The summed E-state index contributed by atoms with van der Waals surface area (Å²) in [6, 6.07) is 17.7. The number of pyridine rings is 1. The van der Waals surface area contributed by atoms with Crippen LogP contribution in [0.25, 0.3) is 0 Å². The number of hydrogen-bond donors (Lipinski definition) is 4. The Labute approximate surface area is 234 Å².